The van der Waals surface area contributed by atoms with Crippen LogP contribution in [0, 0.1) is 32.1 Å². The third-order valence-corrected chi connectivity index (χ3v) is 3.83. The topological polar surface area (TPSA) is 57.8 Å². The van der Waals surface area contributed by atoms with Crippen LogP contribution in [0.25, 0.3) is 11.8 Å². The highest BCUT2D eigenvalue weighted by molar-refractivity contribution is 6.01. The monoisotopic (exact) mass is 319 g/mol. The molecule has 0 bridgehead atoms. The van der Waals surface area contributed by atoms with Gasteiger partial charge >= 0.3 is 0 Å². The number of nitrogens with one attached hydrogen (secondary N) is 1. The Balaban J connectivity index is 2.42. The molecule has 0 radical (unpaired) electrons. The van der Waals surface area contributed by atoms with Gasteiger partial charge in [-0.05, 0) is 50.6 Å². The molecular weight excluding hydrogens is 298 g/mol. The van der Waals surface area contributed by atoms with Crippen molar-refractivity contribution in [1.82, 2.24) is 9.88 Å². The number of nitrogens with zero attached hydrogens (tertiary/aromatic N) is 2. The molecule has 0 saturated carbocycles. The molecule has 1 aromatic heterocycles. The number of benzene rings is 1. The molecule has 1 N–H and O–H groups in total. The predicted molar refractivity (Wildman–Crippen MR) is 96.8 cm³/mol. The van der Waals surface area contributed by atoms with Gasteiger partial charge in [-0.1, -0.05) is 23.8 Å². The average molecular weight is 319 g/mol. The summed E-state index contributed by atoms with van der Waals surface area (Å²) in [6.45, 7) is 9.92. The largest absolute Gasteiger partial charge is 0.348 e. The fraction of sp³-hybridized carbons (Fsp3) is 0.200. The SMILES string of the molecule is C=CCNC(=O)/C(C#N)=C\c1cc(C)n(-c2ccc(C)cc2)c1C. The lowest BCUT2D eigenvalue weighted by Gasteiger charge is -2.10. The van der Waals surface area contributed by atoms with Crippen LogP contribution in [0.15, 0.2) is 48.6 Å². The second-order valence-corrected chi connectivity index (χ2v) is 5.67. The van der Waals surface area contributed by atoms with E-state index in [0.717, 1.165) is 22.6 Å². The van der Waals surface area contributed by atoms with Crippen LogP contribution in [-0.4, -0.2) is 17.0 Å². The Labute approximate surface area is 142 Å². The van der Waals surface area contributed by atoms with Gasteiger partial charge in [0.2, 0.25) is 0 Å². The predicted octanol–water partition coefficient (Wildman–Crippen LogP) is 3.61. The van der Waals surface area contributed by atoms with Gasteiger partial charge in [-0.25, -0.2) is 0 Å². The molecule has 2 aromatic rings. The lowest BCUT2D eigenvalue weighted by Crippen LogP contribution is -2.24. The van der Waals surface area contributed by atoms with Crippen LogP contribution in [0.2, 0.25) is 0 Å². The van der Waals surface area contributed by atoms with Gasteiger partial charge in [0, 0.05) is 23.6 Å². The summed E-state index contributed by atoms with van der Waals surface area (Å²) in [5.41, 5.74) is 5.24. The van der Waals surface area contributed by atoms with Crippen LogP contribution in [0.5, 0.6) is 0 Å². The number of carbonyl (C=O) groups excluding carboxylic acids is 1. The minimum atomic E-state index is -0.391. The Morgan fingerprint density at radius 3 is 2.54 bits per heavy atom. The van der Waals surface area contributed by atoms with E-state index < -0.39 is 5.91 Å². The van der Waals surface area contributed by atoms with Crippen molar-refractivity contribution >= 4 is 12.0 Å². The number of aromatic nitrogens is 1. The van der Waals surface area contributed by atoms with Gasteiger partial charge < -0.3 is 9.88 Å². The summed E-state index contributed by atoms with van der Waals surface area (Å²) in [6.07, 6.45) is 3.21. The zero-order valence-electron chi connectivity index (χ0n) is 14.3. The van der Waals surface area contributed by atoms with Crippen LogP contribution in [0.4, 0.5) is 0 Å². The van der Waals surface area contributed by atoms with E-state index in [1.807, 2.05) is 32.9 Å². The van der Waals surface area contributed by atoms with Crippen LogP contribution in [-0.2, 0) is 4.79 Å². The number of nitriles is 1. The summed E-state index contributed by atoms with van der Waals surface area (Å²) < 4.78 is 2.11. The molecule has 0 saturated heterocycles. The van der Waals surface area contributed by atoms with Crippen molar-refractivity contribution in [2.24, 2.45) is 0 Å². The third kappa shape index (κ3) is 3.64. The van der Waals surface area contributed by atoms with Gasteiger partial charge in [0.25, 0.3) is 5.91 Å². The van der Waals surface area contributed by atoms with Crippen molar-refractivity contribution in [3.05, 3.63) is 71.1 Å². The minimum absolute atomic E-state index is 0.0843. The Hall–Kier alpha value is -3.06. The smallest absolute Gasteiger partial charge is 0.262 e. The minimum Gasteiger partial charge on any atom is -0.348 e. The van der Waals surface area contributed by atoms with Crippen molar-refractivity contribution in [1.29, 1.82) is 5.26 Å². The summed E-state index contributed by atoms with van der Waals surface area (Å²) in [4.78, 5) is 12.0. The normalized spacial score (nSPS) is 11.0. The van der Waals surface area contributed by atoms with E-state index in [1.54, 1.807) is 12.2 Å². The van der Waals surface area contributed by atoms with E-state index in [1.165, 1.54) is 5.56 Å². The van der Waals surface area contributed by atoms with E-state index in [-0.39, 0.29) is 5.57 Å². The molecule has 0 unspecified atom stereocenters. The summed E-state index contributed by atoms with van der Waals surface area (Å²) in [7, 11) is 0. The van der Waals surface area contributed by atoms with Crippen molar-refractivity contribution in [3.8, 4) is 11.8 Å². The molecular formula is C20H21N3O. The first-order valence-electron chi connectivity index (χ1n) is 7.74. The molecule has 4 nitrogen and oxygen atoms in total. The Bertz CT molecular complexity index is 833. The van der Waals surface area contributed by atoms with Crippen LogP contribution in [0.3, 0.4) is 0 Å². The summed E-state index contributed by atoms with van der Waals surface area (Å²) in [6, 6.07) is 12.2. The molecule has 2 rings (SSSR count). The molecule has 0 fully saturated rings. The van der Waals surface area contributed by atoms with Gasteiger partial charge in [0.1, 0.15) is 11.6 Å². The lowest BCUT2D eigenvalue weighted by molar-refractivity contribution is -0.116. The van der Waals surface area contributed by atoms with Gasteiger partial charge in [-0.3, -0.25) is 4.79 Å². The molecule has 0 aliphatic heterocycles. The lowest BCUT2D eigenvalue weighted by atomic mass is 10.1. The van der Waals surface area contributed by atoms with Crippen molar-refractivity contribution in [3.63, 3.8) is 0 Å². The van der Waals surface area contributed by atoms with Gasteiger partial charge in [-0.2, -0.15) is 5.26 Å². The highest BCUT2D eigenvalue weighted by atomic mass is 16.1. The van der Waals surface area contributed by atoms with Gasteiger partial charge in [0.05, 0.1) is 0 Å². The fourth-order valence-corrected chi connectivity index (χ4v) is 2.59. The summed E-state index contributed by atoms with van der Waals surface area (Å²) in [5.74, 6) is -0.391. The number of rotatable bonds is 5. The zero-order valence-corrected chi connectivity index (χ0v) is 14.3. The quantitative estimate of drug-likeness (QED) is 0.520. The standard InChI is InChI=1S/C20H21N3O/c1-5-10-22-20(24)18(13-21)12-17-11-15(3)23(16(17)4)19-8-6-14(2)7-9-19/h5-9,11-12H,1,10H2,2-4H3,(H,22,24)/b18-12-. The Morgan fingerprint density at radius 2 is 1.96 bits per heavy atom. The second-order valence-electron chi connectivity index (χ2n) is 5.67. The molecule has 0 aliphatic rings. The number of amides is 1. The molecule has 1 amide bonds. The maximum atomic E-state index is 12.0. The number of aryl methyl sites for hydroxylation is 2. The Kier molecular flexibility index (Phi) is 5.39. The highest BCUT2D eigenvalue weighted by Crippen LogP contribution is 2.23. The maximum absolute atomic E-state index is 12.0. The molecule has 0 atom stereocenters. The summed E-state index contributed by atoms with van der Waals surface area (Å²) in [5, 5.41) is 11.9. The number of hydrogen-bond acceptors (Lipinski definition) is 2. The van der Waals surface area contributed by atoms with Crippen LogP contribution in [0.1, 0.15) is 22.5 Å². The van der Waals surface area contributed by atoms with E-state index >= 15 is 0 Å². The Morgan fingerprint density at radius 1 is 1.29 bits per heavy atom. The molecule has 1 heterocycles. The third-order valence-electron chi connectivity index (χ3n) is 3.83. The van der Waals surface area contributed by atoms with E-state index in [0.29, 0.717) is 6.54 Å². The highest BCUT2D eigenvalue weighted by Gasteiger charge is 2.13. The molecule has 24 heavy (non-hydrogen) atoms. The van der Waals surface area contributed by atoms with Crippen molar-refractivity contribution in [2.45, 2.75) is 20.8 Å². The first-order valence-corrected chi connectivity index (χ1v) is 7.74. The van der Waals surface area contributed by atoms with Gasteiger partial charge in [0.15, 0.2) is 0 Å². The number of carbonyl (C=O) groups is 1. The second kappa shape index (κ2) is 7.47. The first-order chi connectivity index (χ1) is 11.5. The van der Waals surface area contributed by atoms with E-state index in [2.05, 4.69) is 40.7 Å². The first kappa shape index (κ1) is 17.3. The van der Waals surface area contributed by atoms with Crippen molar-refractivity contribution in [2.75, 3.05) is 6.54 Å². The zero-order chi connectivity index (χ0) is 17.7. The van der Waals surface area contributed by atoms with Crippen LogP contribution >= 0.6 is 0 Å². The molecule has 122 valence electrons. The van der Waals surface area contributed by atoms with Crippen molar-refractivity contribution < 1.29 is 4.79 Å². The van der Waals surface area contributed by atoms with Crippen LogP contribution < -0.4 is 5.32 Å². The fourth-order valence-electron chi connectivity index (χ4n) is 2.59. The van der Waals surface area contributed by atoms with Gasteiger partial charge in [-0.15, -0.1) is 6.58 Å². The molecule has 0 aliphatic carbocycles. The average Bonchev–Trinajstić information content (AvgIpc) is 2.85. The molecule has 1 aromatic carbocycles. The van der Waals surface area contributed by atoms with E-state index in [4.69, 9.17) is 0 Å². The maximum Gasteiger partial charge on any atom is 0.262 e. The van der Waals surface area contributed by atoms with E-state index in [9.17, 15) is 10.1 Å². The molecule has 4 heteroatoms. The molecule has 0 spiro atoms. The summed E-state index contributed by atoms with van der Waals surface area (Å²) >= 11 is 0. The number of hydrogen-bond donors (Lipinski definition) is 1.